The van der Waals surface area contributed by atoms with Crippen LogP contribution < -0.4 is 10.2 Å². The molecular weight excluding hydrogens is 764 g/mol. The van der Waals surface area contributed by atoms with Crippen LogP contribution in [-0.4, -0.2) is 0 Å². The van der Waals surface area contributed by atoms with Gasteiger partial charge in [-0.1, -0.05) is 159 Å². The van der Waals surface area contributed by atoms with Crippen molar-refractivity contribution in [2.45, 2.75) is 0 Å². The van der Waals surface area contributed by atoms with Crippen LogP contribution in [0.15, 0.2) is 221 Å². The first-order valence-corrected chi connectivity index (χ1v) is 18.7. The lowest BCUT2D eigenvalue weighted by atomic mass is 10.0. The van der Waals surface area contributed by atoms with E-state index in [1.165, 1.54) is 33.4 Å². The zero-order valence-electron chi connectivity index (χ0n) is 28.4. The number of anilines is 5. The lowest BCUT2D eigenvalue weighted by Gasteiger charge is -2.26. The molecule has 0 fully saturated rings. The van der Waals surface area contributed by atoms with E-state index in [1.54, 1.807) is 0 Å². The van der Waals surface area contributed by atoms with Gasteiger partial charge < -0.3 is 10.2 Å². The Kier molecular flexibility index (Phi) is 11.4. The van der Waals surface area contributed by atoms with Crippen molar-refractivity contribution in [3.05, 3.63) is 221 Å². The molecule has 8 aromatic carbocycles. The monoisotopic (exact) mass is 798 g/mol. The predicted octanol–water partition coefficient (Wildman–Crippen LogP) is 15.1. The standard InChI is InChI=1S/C30H22BrN.C18H14BrN/c31-27-15-21-30(22-16-27)32(28-17-11-25(12-18-28)23-7-3-1-4-8-23)29-19-13-26(14-20-29)24-9-5-2-6-10-24;19-16-8-12-18(13-9-16)20-17-10-6-15(7-11-17)14-4-2-1-3-5-14/h1-22H;1-13,20H. The summed E-state index contributed by atoms with van der Waals surface area (Å²) in [4.78, 5) is 2.29. The van der Waals surface area contributed by atoms with E-state index in [9.17, 15) is 0 Å². The van der Waals surface area contributed by atoms with Gasteiger partial charge in [-0.3, -0.25) is 0 Å². The largest absolute Gasteiger partial charge is 0.356 e. The summed E-state index contributed by atoms with van der Waals surface area (Å²) in [5, 5.41) is 3.39. The molecule has 0 aliphatic carbocycles. The van der Waals surface area contributed by atoms with Gasteiger partial charge >= 0.3 is 0 Å². The molecule has 0 saturated carbocycles. The van der Waals surface area contributed by atoms with Crippen molar-refractivity contribution in [3.63, 3.8) is 0 Å². The number of nitrogens with zero attached hydrogens (tertiary/aromatic N) is 1. The maximum atomic E-state index is 3.56. The molecule has 2 nitrogen and oxygen atoms in total. The highest BCUT2D eigenvalue weighted by Gasteiger charge is 2.13. The molecule has 8 aromatic rings. The van der Waals surface area contributed by atoms with Crippen LogP contribution in [0.25, 0.3) is 33.4 Å². The molecule has 0 aromatic heterocycles. The van der Waals surface area contributed by atoms with Crippen molar-refractivity contribution in [1.29, 1.82) is 0 Å². The smallest absolute Gasteiger partial charge is 0.0462 e. The van der Waals surface area contributed by atoms with Crippen molar-refractivity contribution in [3.8, 4) is 33.4 Å². The quantitative estimate of drug-likeness (QED) is 0.165. The van der Waals surface area contributed by atoms with Crippen molar-refractivity contribution in [1.82, 2.24) is 0 Å². The van der Waals surface area contributed by atoms with Gasteiger partial charge in [-0.2, -0.15) is 0 Å². The Balaban J connectivity index is 0.000000180. The minimum Gasteiger partial charge on any atom is -0.356 e. The van der Waals surface area contributed by atoms with Gasteiger partial charge in [0.15, 0.2) is 0 Å². The van der Waals surface area contributed by atoms with Gasteiger partial charge in [0.1, 0.15) is 0 Å². The van der Waals surface area contributed by atoms with E-state index in [0.29, 0.717) is 0 Å². The Morgan fingerprint density at radius 1 is 0.269 bits per heavy atom. The summed E-state index contributed by atoms with van der Waals surface area (Å²) >= 11 is 7.00. The van der Waals surface area contributed by atoms with Crippen molar-refractivity contribution in [2.24, 2.45) is 0 Å². The molecule has 0 spiro atoms. The molecule has 0 amide bonds. The molecule has 8 rings (SSSR count). The van der Waals surface area contributed by atoms with Gasteiger partial charge in [-0.15, -0.1) is 0 Å². The van der Waals surface area contributed by atoms with Gasteiger partial charge in [0.05, 0.1) is 0 Å². The Hall–Kier alpha value is -5.68. The van der Waals surface area contributed by atoms with Gasteiger partial charge in [0, 0.05) is 37.4 Å². The minimum atomic E-state index is 1.07. The number of hydrogen-bond donors (Lipinski definition) is 1. The van der Waals surface area contributed by atoms with Gasteiger partial charge in [-0.25, -0.2) is 0 Å². The van der Waals surface area contributed by atoms with E-state index >= 15 is 0 Å². The zero-order chi connectivity index (χ0) is 35.5. The molecule has 0 saturated heterocycles. The summed E-state index contributed by atoms with van der Waals surface area (Å²) in [6.07, 6.45) is 0. The van der Waals surface area contributed by atoms with Crippen molar-refractivity contribution in [2.75, 3.05) is 10.2 Å². The van der Waals surface area contributed by atoms with Crippen LogP contribution in [0.1, 0.15) is 0 Å². The molecular formula is C48H36Br2N2. The maximum Gasteiger partial charge on any atom is 0.0462 e. The van der Waals surface area contributed by atoms with Crippen LogP contribution in [-0.2, 0) is 0 Å². The van der Waals surface area contributed by atoms with E-state index < -0.39 is 0 Å². The van der Waals surface area contributed by atoms with Gasteiger partial charge in [0.25, 0.3) is 0 Å². The van der Waals surface area contributed by atoms with Gasteiger partial charge in [-0.05, 0) is 118 Å². The lowest BCUT2D eigenvalue weighted by molar-refractivity contribution is 1.28. The van der Waals surface area contributed by atoms with Crippen LogP contribution in [0.3, 0.4) is 0 Å². The molecule has 1 N–H and O–H groups in total. The summed E-state index contributed by atoms with van der Waals surface area (Å²) in [6.45, 7) is 0. The first-order valence-electron chi connectivity index (χ1n) is 17.1. The Morgan fingerprint density at radius 3 is 0.865 bits per heavy atom. The number of rotatable bonds is 8. The van der Waals surface area contributed by atoms with E-state index in [2.05, 4.69) is 224 Å². The third-order valence-corrected chi connectivity index (χ3v) is 9.73. The van der Waals surface area contributed by atoms with E-state index in [1.807, 2.05) is 30.3 Å². The highest BCUT2D eigenvalue weighted by atomic mass is 79.9. The van der Waals surface area contributed by atoms with Crippen LogP contribution in [0.5, 0.6) is 0 Å². The fraction of sp³-hybridized carbons (Fsp3) is 0. The first kappa shape index (κ1) is 34.8. The van der Waals surface area contributed by atoms with E-state index in [4.69, 9.17) is 0 Å². The normalized spacial score (nSPS) is 10.5. The Labute approximate surface area is 323 Å². The number of nitrogens with one attached hydrogen (secondary N) is 1. The molecule has 0 unspecified atom stereocenters. The summed E-state index contributed by atoms with van der Waals surface area (Å²) in [5.74, 6) is 0. The SMILES string of the molecule is Brc1ccc(N(c2ccc(-c3ccccc3)cc2)c2ccc(-c3ccccc3)cc2)cc1.Brc1ccc(Nc2ccc(-c3ccccc3)cc2)cc1. The van der Waals surface area contributed by atoms with Crippen LogP contribution in [0.2, 0.25) is 0 Å². The minimum absolute atomic E-state index is 1.07. The van der Waals surface area contributed by atoms with E-state index in [-0.39, 0.29) is 0 Å². The molecule has 0 radical (unpaired) electrons. The fourth-order valence-electron chi connectivity index (χ4n) is 5.98. The average molecular weight is 801 g/mol. The molecule has 0 bridgehead atoms. The van der Waals surface area contributed by atoms with Crippen molar-refractivity contribution >= 4 is 60.3 Å². The van der Waals surface area contributed by atoms with Gasteiger partial charge in [0.2, 0.25) is 0 Å². The summed E-state index contributed by atoms with van der Waals surface area (Å²) in [7, 11) is 0. The second-order valence-electron chi connectivity index (χ2n) is 12.2. The molecule has 0 heterocycles. The molecule has 0 aliphatic rings. The van der Waals surface area contributed by atoms with Crippen LogP contribution in [0, 0.1) is 0 Å². The highest BCUT2D eigenvalue weighted by molar-refractivity contribution is 9.10. The third kappa shape index (κ3) is 8.96. The maximum absolute atomic E-state index is 3.56. The lowest BCUT2D eigenvalue weighted by Crippen LogP contribution is -2.09. The number of hydrogen-bond acceptors (Lipinski definition) is 2. The van der Waals surface area contributed by atoms with Crippen molar-refractivity contribution < 1.29 is 0 Å². The Bertz CT molecular complexity index is 2190. The number of benzene rings is 8. The second kappa shape index (κ2) is 17.0. The van der Waals surface area contributed by atoms with Crippen LogP contribution >= 0.6 is 31.9 Å². The molecule has 4 heteroatoms. The number of halogens is 2. The van der Waals surface area contributed by atoms with Crippen LogP contribution in [0.4, 0.5) is 28.4 Å². The first-order chi connectivity index (χ1) is 25.6. The zero-order valence-corrected chi connectivity index (χ0v) is 31.6. The Morgan fingerprint density at radius 2 is 0.519 bits per heavy atom. The topological polar surface area (TPSA) is 15.3 Å². The predicted molar refractivity (Wildman–Crippen MR) is 229 cm³/mol. The van der Waals surface area contributed by atoms with E-state index in [0.717, 1.165) is 37.4 Å². The summed E-state index contributed by atoms with van der Waals surface area (Å²) < 4.78 is 2.16. The highest BCUT2D eigenvalue weighted by Crippen LogP contribution is 2.37. The summed E-state index contributed by atoms with van der Waals surface area (Å²) in [5.41, 5.74) is 12.9. The molecule has 252 valence electrons. The molecule has 0 atom stereocenters. The average Bonchev–Trinajstić information content (AvgIpc) is 3.22. The molecule has 0 aliphatic heterocycles. The second-order valence-corrected chi connectivity index (χ2v) is 14.0. The fourth-order valence-corrected chi connectivity index (χ4v) is 6.51. The third-order valence-electron chi connectivity index (χ3n) is 8.67. The molecule has 52 heavy (non-hydrogen) atoms. The summed E-state index contributed by atoms with van der Waals surface area (Å²) in [6, 6.07) is 74.0.